The predicted octanol–water partition coefficient (Wildman–Crippen LogP) is 1.71. The average molecular weight is 348 g/mol. The minimum absolute atomic E-state index is 0.102. The number of aliphatic hydroxyl groups excluding tert-OH is 1. The number of anilines is 1. The second-order valence-corrected chi connectivity index (χ2v) is 6.79. The Balaban J connectivity index is 2.84. The van der Waals surface area contributed by atoms with Crippen molar-refractivity contribution in [3.8, 4) is 0 Å². The van der Waals surface area contributed by atoms with Crippen LogP contribution in [0.4, 0.5) is 10.1 Å². The van der Waals surface area contributed by atoms with Gasteiger partial charge in [0.2, 0.25) is 10.0 Å². The number of ether oxygens (including phenoxy) is 1. The zero-order valence-corrected chi connectivity index (χ0v) is 14.3. The van der Waals surface area contributed by atoms with Crippen LogP contribution in [0.2, 0.25) is 0 Å². The molecule has 0 spiro atoms. The summed E-state index contributed by atoms with van der Waals surface area (Å²) in [6, 6.07) is 3.48. The molecule has 0 saturated carbocycles. The molecule has 0 aliphatic heterocycles. The van der Waals surface area contributed by atoms with Gasteiger partial charge >= 0.3 is 0 Å². The first kappa shape index (κ1) is 19.8. The number of nitrogens with one attached hydrogen (secondary N) is 2. The highest BCUT2D eigenvalue weighted by Crippen LogP contribution is 2.22. The van der Waals surface area contributed by atoms with Gasteiger partial charge in [0.05, 0.1) is 18.4 Å². The summed E-state index contributed by atoms with van der Waals surface area (Å²) < 4.78 is 45.5. The standard InChI is InChI=1S/C15H25FN2O4S/c1-3-5-13(19)11-17-14-7-6-12(16)10-15(14)23(20,21)18-8-9-22-4-2/h6-7,10,13,17-19H,3-5,8-9,11H2,1-2H3. The summed E-state index contributed by atoms with van der Waals surface area (Å²) in [5, 5.41) is 12.6. The second-order valence-electron chi connectivity index (χ2n) is 5.06. The van der Waals surface area contributed by atoms with Crippen LogP contribution in [0.3, 0.4) is 0 Å². The van der Waals surface area contributed by atoms with E-state index in [2.05, 4.69) is 10.0 Å². The van der Waals surface area contributed by atoms with Crippen molar-refractivity contribution in [2.75, 3.05) is 31.6 Å². The molecule has 1 unspecified atom stereocenters. The molecule has 132 valence electrons. The van der Waals surface area contributed by atoms with Gasteiger partial charge in [-0.25, -0.2) is 17.5 Å². The number of benzene rings is 1. The van der Waals surface area contributed by atoms with Gasteiger partial charge in [0.1, 0.15) is 10.7 Å². The van der Waals surface area contributed by atoms with Crippen LogP contribution in [0.1, 0.15) is 26.7 Å². The molecule has 1 aromatic rings. The Morgan fingerprint density at radius 2 is 2.09 bits per heavy atom. The lowest BCUT2D eigenvalue weighted by Gasteiger charge is -2.16. The molecule has 3 N–H and O–H groups in total. The van der Waals surface area contributed by atoms with E-state index in [9.17, 15) is 17.9 Å². The lowest BCUT2D eigenvalue weighted by Crippen LogP contribution is -2.29. The summed E-state index contributed by atoms with van der Waals surface area (Å²) in [6.07, 6.45) is 0.825. The van der Waals surface area contributed by atoms with Crippen LogP contribution >= 0.6 is 0 Å². The molecule has 1 rings (SSSR count). The van der Waals surface area contributed by atoms with Crippen LogP contribution in [0, 0.1) is 5.82 Å². The highest BCUT2D eigenvalue weighted by atomic mass is 32.2. The number of halogens is 1. The van der Waals surface area contributed by atoms with Gasteiger partial charge in [-0.05, 0) is 31.5 Å². The molecule has 0 aliphatic carbocycles. The summed E-state index contributed by atoms with van der Waals surface area (Å²) in [6.45, 7) is 4.78. The summed E-state index contributed by atoms with van der Waals surface area (Å²) in [7, 11) is -3.87. The molecule has 1 aromatic carbocycles. The lowest BCUT2D eigenvalue weighted by molar-refractivity contribution is 0.153. The van der Waals surface area contributed by atoms with Gasteiger partial charge in [-0.3, -0.25) is 0 Å². The Labute approximate surface area is 137 Å². The van der Waals surface area contributed by atoms with Gasteiger partial charge in [-0.15, -0.1) is 0 Å². The van der Waals surface area contributed by atoms with Crippen LogP contribution in [0.5, 0.6) is 0 Å². The van der Waals surface area contributed by atoms with E-state index in [0.29, 0.717) is 13.0 Å². The minimum atomic E-state index is -3.87. The summed E-state index contributed by atoms with van der Waals surface area (Å²) >= 11 is 0. The van der Waals surface area contributed by atoms with Crippen LogP contribution in [0.15, 0.2) is 23.1 Å². The first-order chi connectivity index (χ1) is 10.9. The Morgan fingerprint density at radius 3 is 2.74 bits per heavy atom. The molecular weight excluding hydrogens is 323 g/mol. The van der Waals surface area contributed by atoms with Crippen molar-refractivity contribution in [3.63, 3.8) is 0 Å². The van der Waals surface area contributed by atoms with Crippen molar-refractivity contribution in [1.29, 1.82) is 0 Å². The maximum absolute atomic E-state index is 13.4. The number of sulfonamides is 1. The zero-order chi connectivity index (χ0) is 17.3. The fourth-order valence-electron chi connectivity index (χ4n) is 2.00. The third-order valence-electron chi connectivity index (χ3n) is 3.13. The molecule has 0 amide bonds. The predicted molar refractivity (Wildman–Crippen MR) is 87.5 cm³/mol. The van der Waals surface area contributed by atoms with Gasteiger partial charge in [-0.1, -0.05) is 13.3 Å². The normalized spacial score (nSPS) is 13.0. The van der Waals surface area contributed by atoms with E-state index in [0.717, 1.165) is 12.5 Å². The molecule has 0 aliphatic rings. The zero-order valence-electron chi connectivity index (χ0n) is 13.5. The summed E-state index contributed by atoms with van der Waals surface area (Å²) in [5.41, 5.74) is 0.255. The van der Waals surface area contributed by atoms with Crippen molar-refractivity contribution < 1.29 is 22.7 Å². The van der Waals surface area contributed by atoms with Crippen molar-refractivity contribution in [2.45, 2.75) is 37.7 Å². The van der Waals surface area contributed by atoms with E-state index in [4.69, 9.17) is 4.74 Å². The third kappa shape index (κ3) is 6.82. The molecule has 8 heteroatoms. The number of aliphatic hydroxyl groups is 1. The molecule has 0 bridgehead atoms. The largest absolute Gasteiger partial charge is 0.391 e. The highest BCUT2D eigenvalue weighted by Gasteiger charge is 2.19. The monoisotopic (exact) mass is 348 g/mol. The van der Waals surface area contributed by atoms with E-state index in [1.807, 2.05) is 13.8 Å². The smallest absolute Gasteiger partial charge is 0.242 e. The summed E-state index contributed by atoms with van der Waals surface area (Å²) in [5.74, 6) is -0.644. The Morgan fingerprint density at radius 1 is 1.35 bits per heavy atom. The van der Waals surface area contributed by atoms with E-state index in [-0.39, 0.29) is 30.3 Å². The fourth-order valence-corrected chi connectivity index (χ4v) is 3.20. The maximum atomic E-state index is 13.4. The van der Waals surface area contributed by atoms with Crippen LogP contribution < -0.4 is 10.0 Å². The Bertz CT molecular complexity index is 581. The average Bonchev–Trinajstić information content (AvgIpc) is 2.50. The molecule has 23 heavy (non-hydrogen) atoms. The Kier molecular flexibility index (Phi) is 8.46. The van der Waals surface area contributed by atoms with Crippen molar-refractivity contribution >= 4 is 15.7 Å². The number of hydrogen-bond acceptors (Lipinski definition) is 5. The number of hydrogen-bond donors (Lipinski definition) is 3. The van der Waals surface area contributed by atoms with E-state index in [1.165, 1.54) is 12.1 Å². The Hall–Kier alpha value is -1.22. The fraction of sp³-hybridized carbons (Fsp3) is 0.600. The van der Waals surface area contributed by atoms with E-state index >= 15 is 0 Å². The summed E-state index contributed by atoms with van der Waals surface area (Å²) in [4.78, 5) is -0.183. The molecule has 0 heterocycles. The molecule has 0 radical (unpaired) electrons. The maximum Gasteiger partial charge on any atom is 0.242 e. The van der Waals surface area contributed by atoms with Crippen LogP contribution in [-0.4, -0.2) is 45.9 Å². The van der Waals surface area contributed by atoms with Crippen molar-refractivity contribution in [2.24, 2.45) is 0 Å². The third-order valence-corrected chi connectivity index (χ3v) is 4.63. The first-order valence-corrected chi connectivity index (χ1v) is 9.18. The van der Waals surface area contributed by atoms with Crippen molar-refractivity contribution in [1.82, 2.24) is 4.72 Å². The topological polar surface area (TPSA) is 87.7 Å². The molecule has 6 nitrogen and oxygen atoms in total. The van der Waals surface area contributed by atoms with E-state index in [1.54, 1.807) is 0 Å². The van der Waals surface area contributed by atoms with Gasteiger partial charge in [0.25, 0.3) is 0 Å². The van der Waals surface area contributed by atoms with Gasteiger partial charge in [0, 0.05) is 19.7 Å². The van der Waals surface area contributed by atoms with Gasteiger partial charge in [0.15, 0.2) is 0 Å². The highest BCUT2D eigenvalue weighted by molar-refractivity contribution is 7.89. The SMILES string of the molecule is CCCC(O)CNc1ccc(F)cc1S(=O)(=O)NCCOCC. The van der Waals surface area contributed by atoms with Gasteiger partial charge < -0.3 is 15.2 Å². The molecular formula is C15H25FN2O4S. The van der Waals surface area contributed by atoms with Crippen molar-refractivity contribution in [3.05, 3.63) is 24.0 Å². The second kappa shape index (κ2) is 9.82. The molecule has 0 saturated heterocycles. The van der Waals surface area contributed by atoms with Gasteiger partial charge in [-0.2, -0.15) is 0 Å². The molecule has 1 atom stereocenters. The minimum Gasteiger partial charge on any atom is -0.391 e. The molecule has 0 aromatic heterocycles. The number of rotatable bonds is 11. The quantitative estimate of drug-likeness (QED) is 0.530. The van der Waals surface area contributed by atoms with Crippen LogP contribution in [0.25, 0.3) is 0 Å². The molecule has 0 fully saturated rings. The first-order valence-electron chi connectivity index (χ1n) is 7.69. The van der Waals surface area contributed by atoms with E-state index < -0.39 is 21.9 Å². The lowest BCUT2D eigenvalue weighted by atomic mass is 10.2. The van der Waals surface area contributed by atoms with Crippen LogP contribution in [-0.2, 0) is 14.8 Å².